The van der Waals surface area contributed by atoms with Gasteiger partial charge < -0.3 is 0 Å². The van der Waals surface area contributed by atoms with Gasteiger partial charge in [-0.1, -0.05) is 43.9 Å². The van der Waals surface area contributed by atoms with E-state index < -0.39 is 0 Å². The SMILES string of the molecule is C=Cc1cccc(C(C)C=C)c1F. The molecule has 68 valence electrons. The monoisotopic (exact) mass is 176 g/mol. The molecule has 0 aliphatic rings. The van der Waals surface area contributed by atoms with Crippen molar-refractivity contribution in [2.75, 3.05) is 0 Å². The second-order valence-corrected chi connectivity index (χ2v) is 2.98. The van der Waals surface area contributed by atoms with Gasteiger partial charge in [-0.2, -0.15) is 0 Å². The molecule has 0 amide bonds. The Hall–Kier alpha value is -1.37. The summed E-state index contributed by atoms with van der Waals surface area (Å²) < 4.78 is 13.6. The predicted octanol–water partition coefficient (Wildman–Crippen LogP) is 3.76. The van der Waals surface area contributed by atoms with Gasteiger partial charge in [-0.15, -0.1) is 6.58 Å². The van der Waals surface area contributed by atoms with Crippen molar-refractivity contribution in [3.8, 4) is 0 Å². The lowest BCUT2D eigenvalue weighted by atomic mass is 9.98. The summed E-state index contributed by atoms with van der Waals surface area (Å²) >= 11 is 0. The Morgan fingerprint density at radius 2 is 2.08 bits per heavy atom. The minimum atomic E-state index is -0.190. The molecule has 0 radical (unpaired) electrons. The van der Waals surface area contributed by atoms with Crippen LogP contribution in [0, 0.1) is 5.82 Å². The predicted molar refractivity (Wildman–Crippen MR) is 55.1 cm³/mol. The summed E-state index contributed by atoms with van der Waals surface area (Å²) in [6, 6.07) is 5.31. The van der Waals surface area contributed by atoms with Gasteiger partial charge in [0.2, 0.25) is 0 Å². The van der Waals surface area contributed by atoms with Crippen molar-refractivity contribution in [3.63, 3.8) is 0 Å². The second-order valence-electron chi connectivity index (χ2n) is 2.98. The molecule has 0 heterocycles. The Balaban J connectivity index is 3.22. The number of allylic oxidation sites excluding steroid dienone is 1. The van der Waals surface area contributed by atoms with E-state index in [9.17, 15) is 4.39 Å². The van der Waals surface area contributed by atoms with E-state index in [0.29, 0.717) is 11.1 Å². The van der Waals surface area contributed by atoms with E-state index in [1.807, 2.05) is 13.0 Å². The maximum atomic E-state index is 13.6. The topological polar surface area (TPSA) is 0 Å². The molecule has 1 atom stereocenters. The molecule has 1 unspecified atom stereocenters. The minimum absolute atomic E-state index is 0.0416. The average Bonchev–Trinajstić information content (AvgIpc) is 2.17. The summed E-state index contributed by atoms with van der Waals surface area (Å²) in [6.45, 7) is 9.11. The van der Waals surface area contributed by atoms with Gasteiger partial charge >= 0.3 is 0 Å². The summed E-state index contributed by atoms with van der Waals surface area (Å²) in [4.78, 5) is 0. The third-order valence-corrected chi connectivity index (χ3v) is 2.12. The molecule has 0 N–H and O–H groups in total. The van der Waals surface area contributed by atoms with Gasteiger partial charge in [0.05, 0.1) is 0 Å². The van der Waals surface area contributed by atoms with Crippen LogP contribution in [-0.2, 0) is 0 Å². The number of hydrogen-bond acceptors (Lipinski definition) is 0. The van der Waals surface area contributed by atoms with Gasteiger partial charge in [-0.3, -0.25) is 0 Å². The number of halogens is 1. The molecule has 1 aromatic carbocycles. The van der Waals surface area contributed by atoms with Crippen LogP contribution < -0.4 is 0 Å². The second kappa shape index (κ2) is 4.04. The lowest BCUT2D eigenvalue weighted by Crippen LogP contribution is -1.95. The largest absolute Gasteiger partial charge is 0.206 e. The van der Waals surface area contributed by atoms with Crippen LogP contribution in [0.25, 0.3) is 6.08 Å². The fourth-order valence-corrected chi connectivity index (χ4v) is 1.20. The molecule has 1 heteroatoms. The van der Waals surface area contributed by atoms with E-state index in [1.54, 1.807) is 18.2 Å². The highest BCUT2D eigenvalue weighted by molar-refractivity contribution is 5.50. The molecule has 1 rings (SSSR count). The van der Waals surface area contributed by atoms with Crippen molar-refractivity contribution in [1.82, 2.24) is 0 Å². The quantitative estimate of drug-likeness (QED) is 0.615. The van der Waals surface area contributed by atoms with Gasteiger partial charge in [-0.25, -0.2) is 4.39 Å². The normalized spacial score (nSPS) is 12.2. The van der Waals surface area contributed by atoms with Crippen molar-refractivity contribution in [3.05, 3.63) is 54.4 Å². The van der Waals surface area contributed by atoms with Crippen LogP contribution in [0.2, 0.25) is 0 Å². The van der Waals surface area contributed by atoms with Gasteiger partial charge in [0.1, 0.15) is 5.82 Å². The molecule has 0 aromatic heterocycles. The molecular weight excluding hydrogens is 163 g/mol. The molecule has 1 aromatic rings. The first-order valence-electron chi connectivity index (χ1n) is 4.24. The highest BCUT2D eigenvalue weighted by atomic mass is 19.1. The van der Waals surface area contributed by atoms with Crippen molar-refractivity contribution < 1.29 is 4.39 Å². The van der Waals surface area contributed by atoms with E-state index in [-0.39, 0.29) is 11.7 Å². The number of hydrogen-bond donors (Lipinski definition) is 0. The molecule has 0 fully saturated rings. The molecular formula is C12H13F. The van der Waals surface area contributed by atoms with Crippen molar-refractivity contribution >= 4 is 6.08 Å². The van der Waals surface area contributed by atoms with Crippen LogP contribution in [0.4, 0.5) is 4.39 Å². The summed E-state index contributed by atoms with van der Waals surface area (Å²) in [7, 11) is 0. The molecule has 0 aliphatic carbocycles. The van der Waals surface area contributed by atoms with Crippen molar-refractivity contribution in [2.45, 2.75) is 12.8 Å². The summed E-state index contributed by atoms with van der Waals surface area (Å²) in [5.41, 5.74) is 1.22. The first-order chi connectivity index (χ1) is 6.20. The summed E-state index contributed by atoms with van der Waals surface area (Å²) in [6.07, 6.45) is 3.25. The van der Waals surface area contributed by atoms with Crippen LogP contribution in [0.3, 0.4) is 0 Å². The standard InChI is InChI=1S/C12H13F/c1-4-9(3)11-8-6-7-10(5-2)12(11)13/h4-9H,1-2H2,3H3. The lowest BCUT2D eigenvalue weighted by molar-refractivity contribution is 0.602. The Morgan fingerprint density at radius 1 is 1.38 bits per heavy atom. The van der Waals surface area contributed by atoms with E-state index in [1.165, 1.54) is 6.08 Å². The van der Waals surface area contributed by atoms with Gasteiger partial charge in [0.25, 0.3) is 0 Å². The number of benzene rings is 1. The smallest absolute Gasteiger partial charge is 0.134 e. The van der Waals surface area contributed by atoms with Crippen LogP contribution in [0.5, 0.6) is 0 Å². The number of rotatable bonds is 3. The summed E-state index contributed by atoms with van der Waals surface area (Å²) in [5, 5.41) is 0. The molecule has 0 saturated carbocycles. The highest BCUT2D eigenvalue weighted by Gasteiger charge is 2.09. The molecule has 0 saturated heterocycles. The van der Waals surface area contributed by atoms with E-state index in [0.717, 1.165) is 0 Å². The average molecular weight is 176 g/mol. The molecule has 13 heavy (non-hydrogen) atoms. The minimum Gasteiger partial charge on any atom is -0.206 e. The highest BCUT2D eigenvalue weighted by Crippen LogP contribution is 2.22. The Kier molecular flexibility index (Phi) is 3.02. The third kappa shape index (κ3) is 1.86. The fourth-order valence-electron chi connectivity index (χ4n) is 1.20. The molecule has 0 nitrogen and oxygen atoms in total. The van der Waals surface area contributed by atoms with Crippen LogP contribution in [0.15, 0.2) is 37.4 Å². The van der Waals surface area contributed by atoms with Crippen LogP contribution in [0.1, 0.15) is 24.0 Å². The van der Waals surface area contributed by atoms with E-state index in [2.05, 4.69) is 13.2 Å². The van der Waals surface area contributed by atoms with Crippen molar-refractivity contribution in [1.29, 1.82) is 0 Å². The Labute approximate surface area is 78.4 Å². The van der Waals surface area contributed by atoms with Crippen LogP contribution in [-0.4, -0.2) is 0 Å². The maximum absolute atomic E-state index is 13.6. The van der Waals surface area contributed by atoms with Gasteiger partial charge in [-0.05, 0) is 5.56 Å². The Morgan fingerprint density at radius 3 is 2.62 bits per heavy atom. The van der Waals surface area contributed by atoms with Gasteiger partial charge in [0, 0.05) is 11.5 Å². The zero-order valence-corrected chi connectivity index (χ0v) is 7.76. The summed E-state index contributed by atoms with van der Waals surface area (Å²) in [5.74, 6) is -0.148. The lowest BCUT2D eigenvalue weighted by Gasteiger charge is -2.09. The third-order valence-electron chi connectivity index (χ3n) is 2.12. The van der Waals surface area contributed by atoms with Gasteiger partial charge in [0.15, 0.2) is 0 Å². The maximum Gasteiger partial charge on any atom is 0.134 e. The van der Waals surface area contributed by atoms with E-state index in [4.69, 9.17) is 0 Å². The molecule has 0 bridgehead atoms. The van der Waals surface area contributed by atoms with Crippen molar-refractivity contribution in [2.24, 2.45) is 0 Å². The zero-order valence-electron chi connectivity index (χ0n) is 7.76. The molecule has 0 spiro atoms. The Bertz CT molecular complexity index is 326. The fraction of sp³-hybridized carbons (Fsp3) is 0.167. The van der Waals surface area contributed by atoms with E-state index >= 15 is 0 Å². The first kappa shape index (κ1) is 9.72. The first-order valence-corrected chi connectivity index (χ1v) is 4.24. The van der Waals surface area contributed by atoms with Crippen LogP contribution >= 0.6 is 0 Å². The zero-order chi connectivity index (χ0) is 9.84. The molecule has 0 aliphatic heterocycles.